The highest BCUT2D eigenvalue weighted by Gasteiger charge is 2.09. The van der Waals surface area contributed by atoms with E-state index in [1.54, 1.807) is 0 Å². The Kier molecular flexibility index (Phi) is 6.94. The second-order valence-corrected chi connectivity index (χ2v) is 4.87. The number of hydrogen-bond acceptors (Lipinski definition) is 2. The van der Waals surface area contributed by atoms with Crippen LogP contribution in [-0.2, 0) is 13.5 Å². The fourth-order valence-electron chi connectivity index (χ4n) is 2.13. The van der Waals surface area contributed by atoms with E-state index in [2.05, 4.69) is 30.5 Å². The molecule has 3 nitrogen and oxygen atoms in total. The molecule has 0 aliphatic heterocycles. The maximum absolute atomic E-state index is 4.24. The van der Waals surface area contributed by atoms with Crippen molar-refractivity contribution in [3.63, 3.8) is 0 Å². The third-order valence-corrected chi connectivity index (χ3v) is 3.08. The highest BCUT2D eigenvalue weighted by atomic mass is 15.2. The molecule has 1 unspecified atom stereocenters. The predicted molar refractivity (Wildman–Crippen MR) is 73.1 cm³/mol. The second-order valence-electron chi connectivity index (χ2n) is 4.87. The van der Waals surface area contributed by atoms with Crippen molar-refractivity contribution in [3.05, 3.63) is 18.0 Å². The minimum Gasteiger partial charge on any atom is -0.314 e. The van der Waals surface area contributed by atoms with Crippen LogP contribution in [0, 0.1) is 0 Å². The maximum Gasteiger partial charge on any atom is 0.0522 e. The monoisotopic (exact) mass is 237 g/mol. The van der Waals surface area contributed by atoms with Crippen molar-refractivity contribution in [1.29, 1.82) is 0 Å². The van der Waals surface area contributed by atoms with Crippen molar-refractivity contribution in [3.8, 4) is 0 Å². The minimum atomic E-state index is 0.616. The van der Waals surface area contributed by atoms with E-state index < -0.39 is 0 Å². The SMILES string of the molecule is CCCCCC(Cc1cnn(C)c1)NCCC. The van der Waals surface area contributed by atoms with E-state index in [0.717, 1.165) is 13.0 Å². The number of aryl methyl sites for hydroxylation is 1. The Balaban J connectivity index is 2.38. The Bertz CT molecular complexity index is 293. The quantitative estimate of drug-likeness (QED) is 0.669. The highest BCUT2D eigenvalue weighted by molar-refractivity contribution is 5.05. The molecule has 98 valence electrons. The molecule has 17 heavy (non-hydrogen) atoms. The van der Waals surface area contributed by atoms with Crippen LogP contribution in [-0.4, -0.2) is 22.4 Å². The molecule has 1 atom stereocenters. The topological polar surface area (TPSA) is 29.9 Å². The normalized spacial score (nSPS) is 12.9. The van der Waals surface area contributed by atoms with Crippen LogP contribution in [0.5, 0.6) is 0 Å². The van der Waals surface area contributed by atoms with Crippen molar-refractivity contribution in [2.45, 2.75) is 58.4 Å². The van der Waals surface area contributed by atoms with Crippen LogP contribution in [0.15, 0.2) is 12.4 Å². The summed E-state index contributed by atoms with van der Waals surface area (Å²) in [5.41, 5.74) is 1.35. The molecule has 0 saturated heterocycles. The van der Waals surface area contributed by atoms with E-state index in [1.165, 1.54) is 37.7 Å². The Labute approximate surface area is 106 Å². The van der Waals surface area contributed by atoms with Gasteiger partial charge in [0.05, 0.1) is 6.20 Å². The Morgan fingerprint density at radius 1 is 1.29 bits per heavy atom. The summed E-state index contributed by atoms with van der Waals surface area (Å²) in [6.45, 7) is 5.60. The van der Waals surface area contributed by atoms with Crippen molar-refractivity contribution in [2.75, 3.05) is 6.54 Å². The Hall–Kier alpha value is -0.830. The molecule has 1 rings (SSSR count). The minimum absolute atomic E-state index is 0.616. The molecule has 0 fully saturated rings. The van der Waals surface area contributed by atoms with Gasteiger partial charge in [-0.25, -0.2) is 0 Å². The summed E-state index contributed by atoms with van der Waals surface area (Å²) in [5, 5.41) is 7.88. The fraction of sp³-hybridized carbons (Fsp3) is 0.786. The first-order chi connectivity index (χ1) is 8.26. The van der Waals surface area contributed by atoms with Gasteiger partial charge in [0, 0.05) is 19.3 Å². The standard InChI is InChI=1S/C14H27N3/c1-4-6-7-8-14(15-9-5-2)10-13-11-16-17(3)12-13/h11-12,14-15H,4-10H2,1-3H3. The van der Waals surface area contributed by atoms with Gasteiger partial charge in [-0.3, -0.25) is 4.68 Å². The van der Waals surface area contributed by atoms with E-state index in [9.17, 15) is 0 Å². The van der Waals surface area contributed by atoms with Gasteiger partial charge < -0.3 is 5.32 Å². The first-order valence-electron chi connectivity index (χ1n) is 6.97. The lowest BCUT2D eigenvalue weighted by molar-refractivity contribution is 0.456. The molecule has 1 heterocycles. The van der Waals surface area contributed by atoms with Crippen LogP contribution in [0.2, 0.25) is 0 Å². The molecule has 0 saturated carbocycles. The van der Waals surface area contributed by atoms with Gasteiger partial charge in [0.25, 0.3) is 0 Å². The van der Waals surface area contributed by atoms with E-state index in [-0.39, 0.29) is 0 Å². The molecule has 0 bridgehead atoms. The highest BCUT2D eigenvalue weighted by Crippen LogP contribution is 2.09. The average Bonchev–Trinajstić information content (AvgIpc) is 2.72. The first kappa shape index (κ1) is 14.2. The van der Waals surface area contributed by atoms with Crippen molar-refractivity contribution in [2.24, 2.45) is 7.05 Å². The molecule has 0 spiro atoms. The predicted octanol–water partition coefficient (Wildman–Crippen LogP) is 2.91. The van der Waals surface area contributed by atoms with Crippen molar-refractivity contribution < 1.29 is 0 Å². The van der Waals surface area contributed by atoms with Crippen molar-refractivity contribution in [1.82, 2.24) is 15.1 Å². The summed E-state index contributed by atoms with van der Waals surface area (Å²) >= 11 is 0. The Morgan fingerprint density at radius 2 is 2.12 bits per heavy atom. The fourth-order valence-corrected chi connectivity index (χ4v) is 2.13. The zero-order valence-corrected chi connectivity index (χ0v) is 11.6. The number of unbranched alkanes of at least 4 members (excludes halogenated alkanes) is 2. The van der Waals surface area contributed by atoms with Gasteiger partial charge >= 0.3 is 0 Å². The molecule has 1 N–H and O–H groups in total. The van der Waals surface area contributed by atoms with Gasteiger partial charge in [0.1, 0.15) is 0 Å². The lowest BCUT2D eigenvalue weighted by Crippen LogP contribution is -2.31. The molecule has 0 amide bonds. The number of nitrogens with zero attached hydrogens (tertiary/aromatic N) is 2. The second kappa shape index (κ2) is 8.29. The smallest absolute Gasteiger partial charge is 0.0522 e. The molecule has 0 aliphatic carbocycles. The van der Waals surface area contributed by atoms with Gasteiger partial charge in [0.2, 0.25) is 0 Å². The van der Waals surface area contributed by atoms with Gasteiger partial charge in [-0.05, 0) is 31.4 Å². The molecular formula is C14H27N3. The number of hydrogen-bond donors (Lipinski definition) is 1. The first-order valence-corrected chi connectivity index (χ1v) is 6.97. The summed E-state index contributed by atoms with van der Waals surface area (Å²) in [4.78, 5) is 0. The number of nitrogens with one attached hydrogen (secondary N) is 1. The molecule has 3 heteroatoms. The van der Waals surface area contributed by atoms with Crippen LogP contribution >= 0.6 is 0 Å². The van der Waals surface area contributed by atoms with E-state index >= 15 is 0 Å². The van der Waals surface area contributed by atoms with Crippen LogP contribution in [0.3, 0.4) is 0 Å². The van der Waals surface area contributed by atoms with Crippen molar-refractivity contribution >= 4 is 0 Å². The Morgan fingerprint density at radius 3 is 2.71 bits per heavy atom. The van der Waals surface area contributed by atoms with Crippen LogP contribution in [0.4, 0.5) is 0 Å². The van der Waals surface area contributed by atoms with E-state index in [0.29, 0.717) is 6.04 Å². The van der Waals surface area contributed by atoms with Crippen LogP contribution < -0.4 is 5.32 Å². The largest absolute Gasteiger partial charge is 0.314 e. The molecule has 0 aromatic carbocycles. The summed E-state index contributed by atoms with van der Waals surface area (Å²) in [6.07, 6.45) is 11.7. The van der Waals surface area contributed by atoms with Gasteiger partial charge in [-0.2, -0.15) is 5.10 Å². The maximum atomic E-state index is 4.24. The number of rotatable bonds is 9. The summed E-state index contributed by atoms with van der Waals surface area (Å²) in [6, 6.07) is 0.616. The van der Waals surface area contributed by atoms with Gasteiger partial charge in [-0.1, -0.05) is 33.1 Å². The van der Waals surface area contributed by atoms with Crippen LogP contribution in [0.1, 0.15) is 51.5 Å². The zero-order valence-electron chi connectivity index (χ0n) is 11.6. The summed E-state index contributed by atoms with van der Waals surface area (Å²) in [7, 11) is 1.98. The molecule has 1 aromatic rings. The lowest BCUT2D eigenvalue weighted by atomic mass is 10.0. The zero-order chi connectivity index (χ0) is 12.5. The van der Waals surface area contributed by atoms with Crippen LogP contribution in [0.25, 0.3) is 0 Å². The van der Waals surface area contributed by atoms with Gasteiger partial charge in [-0.15, -0.1) is 0 Å². The molecular weight excluding hydrogens is 210 g/mol. The lowest BCUT2D eigenvalue weighted by Gasteiger charge is -2.17. The average molecular weight is 237 g/mol. The summed E-state index contributed by atoms with van der Waals surface area (Å²) < 4.78 is 1.89. The summed E-state index contributed by atoms with van der Waals surface area (Å²) in [5.74, 6) is 0. The third-order valence-electron chi connectivity index (χ3n) is 3.08. The van der Waals surface area contributed by atoms with E-state index in [4.69, 9.17) is 0 Å². The number of aromatic nitrogens is 2. The molecule has 0 aliphatic rings. The van der Waals surface area contributed by atoms with Gasteiger partial charge in [0.15, 0.2) is 0 Å². The third kappa shape index (κ3) is 5.87. The van der Waals surface area contributed by atoms with E-state index in [1.807, 2.05) is 17.9 Å². The molecule has 1 aromatic heterocycles. The molecule has 0 radical (unpaired) electrons.